The van der Waals surface area contributed by atoms with Gasteiger partial charge >= 0.3 is 12.0 Å². The molecule has 7 nitrogen and oxygen atoms in total. The maximum atomic E-state index is 12.5. The summed E-state index contributed by atoms with van der Waals surface area (Å²) in [6.07, 6.45) is -0.663. The van der Waals surface area contributed by atoms with Gasteiger partial charge in [0.15, 0.2) is 0 Å². The topological polar surface area (TPSA) is 84.3 Å². The Morgan fingerprint density at radius 3 is 2.45 bits per heavy atom. The first kappa shape index (κ1) is 16.7. The number of urea groups is 1. The molecule has 0 spiro atoms. The molecule has 3 atom stereocenters. The molecule has 1 saturated heterocycles. The molecule has 0 aromatic rings. The van der Waals surface area contributed by atoms with Crippen molar-refractivity contribution in [3.05, 3.63) is 0 Å². The lowest BCUT2D eigenvalue weighted by molar-refractivity contribution is -0.141. The van der Waals surface area contributed by atoms with Crippen LogP contribution in [0.15, 0.2) is 0 Å². The van der Waals surface area contributed by atoms with Gasteiger partial charge in [-0.05, 0) is 27.9 Å². The summed E-state index contributed by atoms with van der Waals surface area (Å²) < 4.78 is 0. The summed E-state index contributed by atoms with van der Waals surface area (Å²) in [5.41, 5.74) is 0. The molecule has 1 aliphatic heterocycles. The minimum absolute atomic E-state index is 0.0188. The van der Waals surface area contributed by atoms with Gasteiger partial charge in [-0.15, -0.1) is 0 Å². The Balaban J connectivity index is 2.82. The molecule has 1 rings (SSSR count). The van der Waals surface area contributed by atoms with E-state index in [4.69, 9.17) is 5.11 Å². The van der Waals surface area contributed by atoms with E-state index < -0.39 is 18.1 Å². The monoisotopic (exact) mass is 287 g/mol. The van der Waals surface area contributed by atoms with Gasteiger partial charge in [0.25, 0.3) is 0 Å². The number of likely N-dealkylation sites (tertiary alicyclic amines) is 1. The molecule has 7 heteroatoms. The first-order valence-corrected chi connectivity index (χ1v) is 6.90. The van der Waals surface area contributed by atoms with Crippen molar-refractivity contribution in [2.24, 2.45) is 0 Å². The Morgan fingerprint density at radius 2 is 2.00 bits per heavy atom. The lowest BCUT2D eigenvalue weighted by Gasteiger charge is -2.34. The summed E-state index contributed by atoms with van der Waals surface area (Å²) in [4.78, 5) is 28.6. The van der Waals surface area contributed by atoms with E-state index in [2.05, 4.69) is 0 Å². The van der Waals surface area contributed by atoms with Crippen LogP contribution in [0, 0.1) is 0 Å². The van der Waals surface area contributed by atoms with Gasteiger partial charge < -0.3 is 24.9 Å². The van der Waals surface area contributed by atoms with E-state index in [1.807, 2.05) is 32.8 Å². The zero-order valence-corrected chi connectivity index (χ0v) is 12.6. The lowest BCUT2D eigenvalue weighted by atomic mass is 10.2. The molecule has 2 amide bonds. The van der Waals surface area contributed by atoms with Crippen LogP contribution in [0.4, 0.5) is 4.79 Å². The molecule has 0 saturated carbocycles. The van der Waals surface area contributed by atoms with E-state index in [1.165, 1.54) is 4.90 Å². The molecule has 1 aliphatic rings. The van der Waals surface area contributed by atoms with Crippen molar-refractivity contribution in [2.75, 3.05) is 33.7 Å². The molecule has 0 bridgehead atoms. The smallest absolute Gasteiger partial charge is 0.326 e. The number of amides is 2. The minimum Gasteiger partial charge on any atom is -0.480 e. The second-order valence-electron chi connectivity index (χ2n) is 5.58. The number of hydrogen-bond acceptors (Lipinski definition) is 4. The average Bonchev–Trinajstić information content (AvgIpc) is 2.71. The van der Waals surface area contributed by atoms with Crippen molar-refractivity contribution in [1.29, 1.82) is 0 Å². The fourth-order valence-corrected chi connectivity index (χ4v) is 2.69. The van der Waals surface area contributed by atoms with Crippen molar-refractivity contribution in [1.82, 2.24) is 14.7 Å². The first-order chi connectivity index (χ1) is 9.27. The molecule has 20 heavy (non-hydrogen) atoms. The molecule has 2 N–H and O–H groups in total. The summed E-state index contributed by atoms with van der Waals surface area (Å²) in [6.45, 7) is 5.09. The molecule has 0 radical (unpaired) electrons. The summed E-state index contributed by atoms with van der Waals surface area (Å²) >= 11 is 0. The van der Waals surface area contributed by atoms with Crippen LogP contribution >= 0.6 is 0 Å². The third-order valence-electron chi connectivity index (χ3n) is 3.56. The summed E-state index contributed by atoms with van der Waals surface area (Å²) in [6, 6.07) is -1.27. The number of carbonyl (C=O) groups is 2. The summed E-state index contributed by atoms with van der Waals surface area (Å²) in [5.74, 6) is -1.06. The number of nitrogens with zero attached hydrogens (tertiary/aromatic N) is 3. The van der Waals surface area contributed by atoms with Crippen molar-refractivity contribution in [2.45, 2.75) is 38.5 Å². The van der Waals surface area contributed by atoms with Crippen LogP contribution < -0.4 is 0 Å². The maximum Gasteiger partial charge on any atom is 0.326 e. The van der Waals surface area contributed by atoms with E-state index >= 15 is 0 Å². The van der Waals surface area contributed by atoms with E-state index in [-0.39, 0.29) is 25.0 Å². The van der Waals surface area contributed by atoms with Crippen LogP contribution in [0.2, 0.25) is 0 Å². The quantitative estimate of drug-likeness (QED) is 0.737. The fourth-order valence-electron chi connectivity index (χ4n) is 2.69. The van der Waals surface area contributed by atoms with Crippen LogP contribution in [-0.2, 0) is 4.79 Å². The number of hydrogen-bond donors (Lipinski definition) is 2. The first-order valence-electron chi connectivity index (χ1n) is 6.90. The Morgan fingerprint density at radius 1 is 1.40 bits per heavy atom. The highest BCUT2D eigenvalue weighted by atomic mass is 16.4. The number of rotatable bonds is 5. The number of carboxylic acid groups (broad SMARTS) is 1. The zero-order valence-electron chi connectivity index (χ0n) is 12.6. The number of β-amino-alcohol motifs (C(OH)–C–C–N with tert-alkyl or cyclic N) is 1. The summed E-state index contributed by atoms with van der Waals surface area (Å²) in [7, 11) is 3.85. The Labute approximate surface area is 119 Å². The van der Waals surface area contributed by atoms with Gasteiger partial charge in [-0.3, -0.25) is 0 Å². The molecule has 116 valence electrons. The number of carbonyl (C=O) groups excluding carboxylic acids is 1. The number of aliphatic hydroxyl groups is 1. The Hall–Kier alpha value is -1.34. The van der Waals surface area contributed by atoms with Gasteiger partial charge in [0.05, 0.1) is 6.10 Å². The molecular weight excluding hydrogens is 262 g/mol. The number of aliphatic carboxylic acids is 1. The maximum absolute atomic E-state index is 12.5. The Kier molecular flexibility index (Phi) is 5.76. The van der Waals surface area contributed by atoms with Gasteiger partial charge in [-0.25, -0.2) is 9.59 Å². The predicted octanol–water partition coefficient (Wildman–Crippen LogP) is -0.102. The molecule has 0 aliphatic carbocycles. The Bertz CT molecular complexity index is 362. The van der Waals surface area contributed by atoms with Crippen LogP contribution in [0.3, 0.4) is 0 Å². The molecule has 1 heterocycles. The van der Waals surface area contributed by atoms with E-state index in [0.29, 0.717) is 13.1 Å². The fraction of sp³-hybridized carbons (Fsp3) is 0.846. The third kappa shape index (κ3) is 3.83. The predicted molar refractivity (Wildman–Crippen MR) is 74.5 cm³/mol. The number of likely N-dealkylation sites (N-methyl/N-ethyl adjacent to an activating group) is 2. The van der Waals surface area contributed by atoms with E-state index in [1.54, 1.807) is 4.90 Å². The SMILES string of the molecule is CCN(C(=O)N1C[C@H](O)C[C@@H]1C(=O)O)C(C)CN(C)C. The van der Waals surface area contributed by atoms with Gasteiger partial charge in [0.1, 0.15) is 6.04 Å². The highest BCUT2D eigenvalue weighted by Crippen LogP contribution is 2.21. The molecule has 1 fully saturated rings. The standard InChI is InChI=1S/C13H25N3O4/c1-5-15(9(2)7-14(3)4)13(20)16-8-10(17)6-11(16)12(18)19/h9-11,17H,5-8H2,1-4H3,(H,18,19)/t9?,10-,11-/m1/s1. The second kappa shape index (κ2) is 6.90. The number of aliphatic hydroxyl groups excluding tert-OH is 1. The minimum atomic E-state index is -1.06. The highest BCUT2D eigenvalue weighted by Gasteiger charge is 2.41. The van der Waals surface area contributed by atoms with Crippen LogP contribution in [0.1, 0.15) is 20.3 Å². The zero-order chi connectivity index (χ0) is 15.4. The van der Waals surface area contributed by atoms with Crippen molar-refractivity contribution in [3.63, 3.8) is 0 Å². The highest BCUT2D eigenvalue weighted by molar-refractivity contribution is 5.83. The van der Waals surface area contributed by atoms with Gasteiger partial charge in [-0.2, -0.15) is 0 Å². The normalized spacial score (nSPS) is 24.0. The van der Waals surface area contributed by atoms with Crippen molar-refractivity contribution >= 4 is 12.0 Å². The van der Waals surface area contributed by atoms with Gasteiger partial charge in [0.2, 0.25) is 0 Å². The van der Waals surface area contributed by atoms with E-state index in [0.717, 1.165) is 0 Å². The van der Waals surface area contributed by atoms with Crippen LogP contribution in [0.5, 0.6) is 0 Å². The largest absolute Gasteiger partial charge is 0.480 e. The van der Waals surface area contributed by atoms with Crippen molar-refractivity contribution in [3.8, 4) is 0 Å². The van der Waals surface area contributed by atoms with Crippen LogP contribution in [0.25, 0.3) is 0 Å². The molecule has 1 unspecified atom stereocenters. The lowest BCUT2D eigenvalue weighted by Crippen LogP contribution is -2.52. The second-order valence-corrected chi connectivity index (χ2v) is 5.58. The van der Waals surface area contributed by atoms with Crippen LogP contribution in [-0.4, -0.2) is 88.8 Å². The summed E-state index contributed by atoms with van der Waals surface area (Å²) in [5, 5.41) is 18.8. The molecular formula is C13H25N3O4. The number of carboxylic acids is 1. The van der Waals surface area contributed by atoms with Gasteiger partial charge in [0, 0.05) is 32.1 Å². The van der Waals surface area contributed by atoms with Gasteiger partial charge in [-0.1, -0.05) is 0 Å². The average molecular weight is 287 g/mol. The molecule has 0 aromatic carbocycles. The van der Waals surface area contributed by atoms with Crippen molar-refractivity contribution < 1.29 is 19.8 Å². The third-order valence-corrected chi connectivity index (χ3v) is 3.56. The van der Waals surface area contributed by atoms with E-state index in [9.17, 15) is 14.7 Å². The molecule has 0 aromatic heterocycles.